The van der Waals surface area contributed by atoms with Gasteiger partial charge in [0.15, 0.2) is 0 Å². The van der Waals surface area contributed by atoms with E-state index in [1.165, 1.54) is 0 Å². The molecule has 0 atom stereocenters. The molecule has 2 aromatic carbocycles. The number of benzene rings is 2. The van der Waals surface area contributed by atoms with Gasteiger partial charge in [-0.15, -0.1) is 0 Å². The summed E-state index contributed by atoms with van der Waals surface area (Å²) in [6, 6.07) is 19.9. The number of amides is 1. The molecule has 0 radical (unpaired) electrons. The Morgan fingerprint density at radius 2 is 1.38 bits per heavy atom. The van der Waals surface area contributed by atoms with E-state index in [4.69, 9.17) is 5.73 Å². The first-order chi connectivity index (χ1) is 11.6. The van der Waals surface area contributed by atoms with Gasteiger partial charge < -0.3 is 10.6 Å². The van der Waals surface area contributed by atoms with Crippen LogP contribution < -0.4 is 5.73 Å². The molecule has 0 spiro atoms. The smallest absolute Gasteiger partial charge is 0.232 e. The summed E-state index contributed by atoms with van der Waals surface area (Å²) in [5.74, 6) is -0.278. The molecule has 0 heterocycles. The van der Waals surface area contributed by atoms with Gasteiger partial charge in [0.05, 0.1) is 5.41 Å². The minimum absolute atomic E-state index is 0.278. The topological polar surface area (TPSA) is 46.3 Å². The highest BCUT2D eigenvalue weighted by Gasteiger charge is 2.39. The van der Waals surface area contributed by atoms with Gasteiger partial charge >= 0.3 is 0 Å². The van der Waals surface area contributed by atoms with E-state index in [9.17, 15) is 4.79 Å². The molecule has 0 unspecified atom stereocenters. The highest BCUT2D eigenvalue weighted by Crippen LogP contribution is 2.36. The number of primary amides is 1. The van der Waals surface area contributed by atoms with Crippen molar-refractivity contribution in [3.8, 4) is 0 Å². The Hall–Kier alpha value is -2.13. The first kappa shape index (κ1) is 18.2. The molecule has 128 valence electrons. The Morgan fingerprint density at radius 1 is 0.917 bits per heavy atom. The Kier molecular flexibility index (Phi) is 6.56. The van der Waals surface area contributed by atoms with Crippen LogP contribution in [0.1, 0.15) is 37.8 Å². The lowest BCUT2D eigenvalue weighted by molar-refractivity contribution is -0.122. The first-order valence-electron chi connectivity index (χ1n) is 8.78. The number of carbonyl (C=O) groups is 1. The van der Waals surface area contributed by atoms with Crippen molar-refractivity contribution in [3.05, 3.63) is 71.8 Å². The average Bonchev–Trinajstić information content (AvgIpc) is 2.63. The number of rotatable bonds is 9. The molecule has 0 aliphatic carbocycles. The van der Waals surface area contributed by atoms with Crippen molar-refractivity contribution < 1.29 is 4.79 Å². The van der Waals surface area contributed by atoms with E-state index in [0.29, 0.717) is 6.42 Å². The third-order valence-electron chi connectivity index (χ3n) is 4.87. The van der Waals surface area contributed by atoms with Crippen molar-refractivity contribution in [1.82, 2.24) is 4.90 Å². The first-order valence-corrected chi connectivity index (χ1v) is 8.78. The number of carbonyl (C=O) groups excluding carboxylic acids is 1. The summed E-state index contributed by atoms with van der Waals surface area (Å²) in [6.07, 6.45) is 1.64. The molecule has 3 nitrogen and oxygen atoms in total. The zero-order valence-electron chi connectivity index (χ0n) is 14.7. The van der Waals surface area contributed by atoms with Crippen molar-refractivity contribution in [2.24, 2.45) is 5.73 Å². The van der Waals surface area contributed by atoms with Gasteiger partial charge in [-0.2, -0.15) is 0 Å². The maximum atomic E-state index is 12.6. The SMILES string of the molecule is CCN(CC)CCCC(C(N)=O)(c1ccccc1)c1ccccc1. The molecule has 2 rings (SSSR count). The van der Waals surface area contributed by atoms with E-state index in [-0.39, 0.29) is 5.91 Å². The second kappa shape index (κ2) is 8.65. The van der Waals surface area contributed by atoms with Crippen LogP contribution in [0.25, 0.3) is 0 Å². The molecule has 3 heteroatoms. The van der Waals surface area contributed by atoms with Crippen molar-refractivity contribution in [1.29, 1.82) is 0 Å². The van der Waals surface area contributed by atoms with Gasteiger partial charge in [0.25, 0.3) is 0 Å². The second-order valence-corrected chi connectivity index (χ2v) is 6.13. The minimum atomic E-state index is -0.768. The lowest BCUT2D eigenvalue weighted by Gasteiger charge is -2.33. The molecule has 1 amide bonds. The average molecular weight is 324 g/mol. The van der Waals surface area contributed by atoms with Gasteiger partial charge in [-0.1, -0.05) is 74.5 Å². The van der Waals surface area contributed by atoms with Gasteiger partial charge in [-0.25, -0.2) is 0 Å². The van der Waals surface area contributed by atoms with E-state index in [1.54, 1.807) is 0 Å². The monoisotopic (exact) mass is 324 g/mol. The van der Waals surface area contributed by atoms with Crippen molar-refractivity contribution in [3.63, 3.8) is 0 Å². The summed E-state index contributed by atoms with van der Waals surface area (Å²) < 4.78 is 0. The van der Waals surface area contributed by atoms with Crippen LogP contribution >= 0.6 is 0 Å². The fourth-order valence-corrected chi connectivity index (χ4v) is 3.42. The molecule has 0 bridgehead atoms. The summed E-state index contributed by atoms with van der Waals surface area (Å²) in [4.78, 5) is 15.0. The van der Waals surface area contributed by atoms with Crippen LogP contribution in [0.3, 0.4) is 0 Å². The van der Waals surface area contributed by atoms with E-state index in [0.717, 1.165) is 37.2 Å². The highest BCUT2D eigenvalue weighted by atomic mass is 16.1. The molecule has 0 saturated heterocycles. The number of hydrogen-bond donors (Lipinski definition) is 1. The van der Waals surface area contributed by atoms with Crippen LogP contribution in [0, 0.1) is 0 Å². The fraction of sp³-hybridized carbons (Fsp3) is 0.381. The number of hydrogen-bond acceptors (Lipinski definition) is 2. The molecule has 2 N–H and O–H groups in total. The highest BCUT2D eigenvalue weighted by molar-refractivity contribution is 5.90. The van der Waals surface area contributed by atoms with Crippen LogP contribution in [0.15, 0.2) is 60.7 Å². The summed E-state index contributed by atoms with van der Waals surface area (Å²) in [7, 11) is 0. The van der Waals surface area contributed by atoms with Gasteiger partial charge in [0.2, 0.25) is 5.91 Å². The minimum Gasteiger partial charge on any atom is -0.369 e. The van der Waals surface area contributed by atoms with E-state index < -0.39 is 5.41 Å². The predicted molar refractivity (Wildman–Crippen MR) is 99.9 cm³/mol. The zero-order valence-corrected chi connectivity index (χ0v) is 14.7. The van der Waals surface area contributed by atoms with E-state index in [1.807, 2.05) is 60.7 Å². The summed E-state index contributed by atoms with van der Waals surface area (Å²) in [6.45, 7) is 7.35. The second-order valence-electron chi connectivity index (χ2n) is 6.13. The molecule has 0 saturated carbocycles. The summed E-state index contributed by atoms with van der Waals surface area (Å²) >= 11 is 0. The Bertz CT molecular complexity index is 581. The van der Waals surface area contributed by atoms with Crippen LogP contribution in [-0.4, -0.2) is 30.4 Å². The standard InChI is InChI=1S/C21H28N2O/c1-3-23(4-2)17-11-16-21(20(22)24,18-12-7-5-8-13-18)19-14-9-6-10-15-19/h5-10,12-15H,3-4,11,16-17H2,1-2H3,(H2,22,24). The lowest BCUT2D eigenvalue weighted by Crippen LogP contribution is -2.43. The predicted octanol–water partition coefficient (Wildman–Crippen LogP) is 3.58. The van der Waals surface area contributed by atoms with Crippen molar-refractivity contribution >= 4 is 5.91 Å². The fourth-order valence-electron chi connectivity index (χ4n) is 3.42. The quantitative estimate of drug-likeness (QED) is 0.766. The maximum absolute atomic E-state index is 12.6. The molecule has 0 aliphatic heterocycles. The van der Waals surface area contributed by atoms with E-state index in [2.05, 4.69) is 18.7 Å². The van der Waals surface area contributed by atoms with Gasteiger partial charge in [0, 0.05) is 0 Å². The van der Waals surface area contributed by atoms with Crippen molar-refractivity contribution in [2.45, 2.75) is 32.1 Å². The summed E-state index contributed by atoms with van der Waals surface area (Å²) in [5, 5.41) is 0. The van der Waals surface area contributed by atoms with Crippen LogP contribution in [0.2, 0.25) is 0 Å². The zero-order chi connectivity index (χ0) is 17.4. The normalized spacial score (nSPS) is 11.6. The molecular weight excluding hydrogens is 296 g/mol. The lowest BCUT2D eigenvalue weighted by atomic mass is 9.70. The molecule has 0 aliphatic rings. The van der Waals surface area contributed by atoms with Crippen LogP contribution in [0.4, 0.5) is 0 Å². The van der Waals surface area contributed by atoms with Crippen LogP contribution in [-0.2, 0) is 10.2 Å². The number of nitrogens with two attached hydrogens (primary N) is 1. The Balaban J connectivity index is 2.38. The van der Waals surface area contributed by atoms with Gasteiger partial charge in [-0.3, -0.25) is 4.79 Å². The Labute approximate surface area is 145 Å². The molecular formula is C21H28N2O. The summed E-state index contributed by atoms with van der Waals surface area (Å²) in [5.41, 5.74) is 7.15. The molecule has 2 aromatic rings. The van der Waals surface area contributed by atoms with Crippen LogP contribution in [0.5, 0.6) is 0 Å². The van der Waals surface area contributed by atoms with Crippen molar-refractivity contribution in [2.75, 3.05) is 19.6 Å². The third-order valence-corrected chi connectivity index (χ3v) is 4.87. The third kappa shape index (κ3) is 3.85. The maximum Gasteiger partial charge on any atom is 0.232 e. The van der Waals surface area contributed by atoms with Gasteiger partial charge in [0.1, 0.15) is 0 Å². The largest absolute Gasteiger partial charge is 0.369 e. The molecule has 0 aromatic heterocycles. The van der Waals surface area contributed by atoms with E-state index >= 15 is 0 Å². The molecule has 24 heavy (non-hydrogen) atoms. The van der Waals surface area contributed by atoms with Gasteiger partial charge in [-0.05, 0) is 43.6 Å². The molecule has 0 fully saturated rings. The Morgan fingerprint density at radius 3 is 1.75 bits per heavy atom. The number of nitrogens with zero attached hydrogens (tertiary/aromatic N) is 1.